The minimum atomic E-state index is -3.46. The van der Waals surface area contributed by atoms with Gasteiger partial charge in [0.15, 0.2) is 9.84 Å². The van der Waals surface area contributed by atoms with E-state index in [0.29, 0.717) is 0 Å². The third-order valence-corrected chi connectivity index (χ3v) is 3.58. The van der Waals surface area contributed by atoms with E-state index in [1.807, 2.05) is 0 Å². The van der Waals surface area contributed by atoms with Gasteiger partial charge >= 0.3 is 5.97 Å². The van der Waals surface area contributed by atoms with Gasteiger partial charge < -0.3 is 10.1 Å². The number of benzene rings is 1. The van der Waals surface area contributed by atoms with Crippen LogP contribution in [-0.4, -0.2) is 33.7 Å². The lowest BCUT2D eigenvalue weighted by molar-refractivity contribution is -0.135. The van der Waals surface area contributed by atoms with Crippen molar-refractivity contribution in [2.24, 2.45) is 0 Å². The Morgan fingerprint density at radius 2 is 2.00 bits per heavy atom. The molecule has 0 saturated heterocycles. The average molecular weight is 315 g/mol. The zero-order valence-corrected chi connectivity index (χ0v) is 12.2. The fourth-order valence-corrected chi connectivity index (χ4v) is 2.04. The van der Waals surface area contributed by atoms with Gasteiger partial charge in [-0.25, -0.2) is 17.6 Å². The molecule has 0 saturated carbocycles. The van der Waals surface area contributed by atoms with Gasteiger partial charge in [-0.05, 0) is 18.2 Å². The molecule has 1 N–H and O–H groups in total. The number of amides is 1. The van der Waals surface area contributed by atoms with Gasteiger partial charge in [-0.3, -0.25) is 4.79 Å². The smallest absolute Gasteiger partial charge is 0.330 e. The first-order chi connectivity index (χ1) is 9.74. The van der Waals surface area contributed by atoms with Crippen molar-refractivity contribution >= 4 is 21.7 Å². The Balaban J connectivity index is 2.78. The summed E-state index contributed by atoms with van der Waals surface area (Å²) in [5.74, 6) is -1.97. The highest BCUT2D eigenvalue weighted by Crippen LogP contribution is 2.14. The first-order valence-corrected chi connectivity index (χ1v) is 7.65. The van der Waals surface area contributed by atoms with Crippen LogP contribution in [0.4, 0.5) is 4.39 Å². The van der Waals surface area contributed by atoms with Crippen molar-refractivity contribution in [2.45, 2.75) is 11.4 Å². The van der Waals surface area contributed by atoms with Crippen LogP contribution in [0.1, 0.15) is 5.56 Å². The number of esters is 1. The van der Waals surface area contributed by atoms with Crippen molar-refractivity contribution in [3.05, 3.63) is 41.7 Å². The van der Waals surface area contributed by atoms with E-state index < -0.39 is 27.5 Å². The van der Waals surface area contributed by atoms with E-state index in [9.17, 15) is 22.4 Å². The van der Waals surface area contributed by atoms with Gasteiger partial charge in [0.1, 0.15) is 5.82 Å². The molecule has 0 aliphatic rings. The highest BCUT2D eigenvalue weighted by molar-refractivity contribution is 7.90. The molecule has 0 aliphatic carbocycles. The number of rotatable bonds is 5. The van der Waals surface area contributed by atoms with Crippen LogP contribution < -0.4 is 5.32 Å². The van der Waals surface area contributed by atoms with Gasteiger partial charge in [-0.2, -0.15) is 0 Å². The number of carbonyl (C=O) groups excluding carboxylic acids is 2. The Kier molecular flexibility index (Phi) is 5.60. The Hall–Kier alpha value is -2.22. The molecule has 114 valence electrons. The molecule has 0 spiro atoms. The minimum Gasteiger partial charge on any atom is -0.466 e. The SMILES string of the molecule is COC(=O)/C=C/C(=O)NCc1cc(S(C)(=O)=O)ccc1F. The van der Waals surface area contributed by atoms with Crippen molar-refractivity contribution in [3.8, 4) is 0 Å². The van der Waals surface area contributed by atoms with E-state index in [1.54, 1.807) is 0 Å². The molecule has 1 aromatic rings. The number of ether oxygens (including phenoxy) is 1. The lowest BCUT2D eigenvalue weighted by atomic mass is 10.2. The van der Waals surface area contributed by atoms with Crippen LogP contribution >= 0.6 is 0 Å². The van der Waals surface area contributed by atoms with Crippen LogP contribution in [0.15, 0.2) is 35.2 Å². The second-order valence-electron chi connectivity index (χ2n) is 4.10. The second kappa shape index (κ2) is 6.98. The van der Waals surface area contributed by atoms with E-state index in [-0.39, 0.29) is 17.0 Å². The zero-order chi connectivity index (χ0) is 16.0. The average Bonchev–Trinajstić information content (AvgIpc) is 2.42. The second-order valence-corrected chi connectivity index (χ2v) is 6.12. The molecule has 8 heteroatoms. The Morgan fingerprint density at radius 1 is 1.33 bits per heavy atom. The summed E-state index contributed by atoms with van der Waals surface area (Å²) >= 11 is 0. The summed E-state index contributed by atoms with van der Waals surface area (Å²) in [5, 5.41) is 2.33. The summed E-state index contributed by atoms with van der Waals surface area (Å²) in [6.45, 7) is -0.209. The lowest BCUT2D eigenvalue weighted by Crippen LogP contribution is -2.21. The molecule has 1 aromatic carbocycles. The monoisotopic (exact) mass is 315 g/mol. The van der Waals surface area contributed by atoms with Crippen LogP contribution in [-0.2, 0) is 30.7 Å². The molecule has 6 nitrogen and oxygen atoms in total. The van der Waals surface area contributed by atoms with Gasteiger partial charge in [-0.15, -0.1) is 0 Å². The van der Waals surface area contributed by atoms with Crippen LogP contribution in [0.2, 0.25) is 0 Å². The van der Waals surface area contributed by atoms with Gasteiger partial charge in [-0.1, -0.05) is 0 Å². The van der Waals surface area contributed by atoms with E-state index in [4.69, 9.17) is 0 Å². The van der Waals surface area contributed by atoms with Crippen molar-refractivity contribution < 1.29 is 27.1 Å². The molecule has 0 aromatic heterocycles. The van der Waals surface area contributed by atoms with Gasteiger partial charge in [0, 0.05) is 30.5 Å². The Labute approximate surface area is 121 Å². The number of hydrogen-bond acceptors (Lipinski definition) is 5. The number of hydrogen-bond donors (Lipinski definition) is 1. The Bertz CT molecular complexity index is 682. The number of halogens is 1. The highest BCUT2D eigenvalue weighted by atomic mass is 32.2. The number of nitrogens with one attached hydrogen (secondary N) is 1. The molecular formula is C13H14FNO5S. The van der Waals surface area contributed by atoms with E-state index >= 15 is 0 Å². The fraction of sp³-hybridized carbons (Fsp3) is 0.231. The van der Waals surface area contributed by atoms with Gasteiger partial charge in [0.25, 0.3) is 0 Å². The normalized spacial score (nSPS) is 11.4. The molecule has 0 unspecified atom stereocenters. The summed E-state index contributed by atoms with van der Waals surface area (Å²) in [4.78, 5) is 22.1. The first-order valence-electron chi connectivity index (χ1n) is 5.76. The van der Waals surface area contributed by atoms with Crippen LogP contribution in [0.3, 0.4) is 0 Å². The maximum absolute atomic E-state index is 13.5. The standard InChI is InChI=1S/C13H14FNO5S/c1-20-13(17)6-5-12(16)15-8-9-7-10(21(2,18)19)3-4-11(9)14/h3-7H,8H2,1-2H3,(H,15,16)/b6-5+. The molecule has 0 heterocycles. The maximum atomic E-state index is 13.5. The van der Waals surface area contributed by atoms with E-state index in [1.165, 1.54) is 0 Å². The topological polar surface area (TPSA) is 89.5 Å². The molecule has 0 aliphatic heterocycles. The summed E-state index contributed by atoms with van der Waals surface area (Å²) in [7, 11) is -2.30. The van der Waals surface area contributed by atoms with Crippen molar-refractivity contribution in [3.63, 3.8) is 0 Å². The Morgan fingerprint density at radius 3 is 2.57 bits per heavy atom. The zero-order valence-electron chi connectivity index (χ0n) is 11.4. The van der Waals surface area contributed by atoms with E-state index in [0.717, 1.165) is 43.7 Å². The predicted molar refractivity (Wildman–Crippen MR) is 72.5 cm³/mol. The molecule has 0 fully saturated rings. The van der Waals surface area contributed by atoms with Crippen molar-refractivity contribution in [1.29, 1.82) is 0 Å². The molecular weight excluding hydrogens is 301 g/mol. The summed E-state index contributed by atoms with van der Waals surface area (Å²) < 4.78 is 40.6. The lowest BCUT2D eigenvalue weighted by Gasteiger charge is -2.06. The highest BCUT2D eigenvalue weighted by Gasteiger charge is 2.11. The molecule has 21 heavy (non-hydrogen) atoms. The predicted octanol–water partition coefficient (Wildman–Crippen LogP) is 0.575. The third-order valence-electron chi connectivity index (χ3n) is 2.47. The quantitative estimate of drug-likeness (QED) is 0.487. The molecule has 0 atom stereocenters. The number of methoxy groups -OCH3 is 1. The van der Waals surface area contributed by atoms with Gasteiger partial charge in [0.2, 0.25) is 5.91 Å². The maximum Gasteiger partial charge on any atom is 0.330 e. The minimum absolute atomic E-state index is 0.0257. The molecule has 0 radical (unpaired) electrons. The fourth-order valence-electron chi connectivity index (χ4n) is 1.37. The van der Waals surface area contributed by atoms with Crippen molar-refractivity contribution in [2.75, 3.05) is 13.4 Å². The molecule has 1 rings (SSSR count). The van der Waals surface area contributed by atoms with Crippen LogP contribution in [0.25, 0.3) is 0 Å². The summed E-state index contributed by atoms with van der Waals surface area (Å²) in [5.41, 5.74) is 0.0257. The summed E-state index contributed by atoms with van der Waals surface area (Å²) in [6.07, 6.45) is 2.85. The van der Waals surface area contributed by atoms with Crippen LogP contribution in [0, 0.1) is 5.82 Å². The van der Waals surface area contributed by atoms with E-state index in [2.05, 4.69) is 10.1 Å². The van der Waals surface area contributed by atoms with Crippen molar-refractivity contribution in [1.82, 2.24) is 5.32 Å². The van der Waals surface area contributed by atoms with Gasteiger partial charge in [0.05, 0.1) is 12.0 Å². The number of sulfone groups is 1. The molecule has 0 bridgehead atoms. The largest absolute Gasteiger partial charge is 0.466 e. The number of carbonyl (C=O) groups is 2. The molecule has 1 amide bonds. The first kappa shape index (κ1) is 16.8. The third kappa shape index (κ3) is 5.35. The summed E-state index contributed by atoms with van der Waals surface area (Å²) in [6, 6.07) is 3.31. The van der Waals surface area contributed by atoms with Crippen LogP contribution in [0.5, 0.6) is 0 Å².